The lowest BCUT2D eigenvalue weighted by atomic mass is 12.0. The van der Waals surface area contributed by atoms with Gasteiger partial charge in [-0.15, -0.1) is 0 Å². The van der Waals surface area contributed by atoms with Crippen LogP contribution in [0.1, 0.15) is 7.43 Å². The van der Waals surface area contributed by atoms with Crippen LogP contribution in [0.15, 0.2) is 0 Å². The molecule has 0 aromatic carbocycles. The molecule has 0 atom stereocenters. The van der Waals surface area contributed by atoms with Crippen molar-refractivity contribution in [2.75, 3.05) is 0 Å². The van der Waals surface area contributed by atoms with Gasteiger partial charge in [0.05, 0.1) is 0 Å². The van der Waals surface area contributed by atoms with Gasteiger partial charge in [-0.25, -0.2) is 0 Å². The molecule has 0 aliphatic rings. The maximum atomic E-state index is 9.51. The van der Waals surface area contributed by atoms with Crippen molar-refractivity contribution in [3.8, 4) is 0 Å². The second-order valence-electron chi connectivity index (χ2n) is 0.399. The molecule has 0 spiro atoms. The van der Waals surface area contributed by atoms with E-state index in [0.29, 0.717) is 0 Å². The summed E-state index contributed by atoms with van der Waals surface area (Å²) in [5, 5.41) is -3.22. The van der Waals surface area contributed by atoms with Gasteiger partial charge in [-0.3, -0.25) is 4.57 Å². The van der Waals surface area contributed by atoms with Crippen LogP contribution in [0.3, 0.4) is 0 Å². The van der Waals surface area contributed by atoms with Crippen LogP contribution >= 0.6 is 38.9 Å². The Bertz CT molecular complexity index is 56.9. The molecule has 5 heteroatoms. The lowest BCUT2D eigenvalue weighted by molar-refractivity contribution is 0.600. The van der Waals surface area contributed by atoms with E-state index in [0.717, 1.165) is 0 Å². The molecule has 0 N–H and O–H groups in total. The van der Waals surface area contributed by atoms with E-state index in [4.69, 9.17) is 0 Å². The topological polar surface area (TPSA) is 17.1 Å². The smallest absolute Gasteiger partial charge is 0.271 e. The molecule has 6 heavy (non-hydrogen) atoms. The summed E-state index contributed by atoms with van der Waals surface area (Å²) < 4.78 is 9.51. The van der Waals surface area contributed by atoms with Gasteiger partial charge in [0, 0.05) is 0 Å². The molecule has 0 aromatic heterocycles. The van der Waals surface area contributed by atoms with Gasteiger partial charge in [-0.2, -0.15) is 0 Å². The summed E-state index contributed by atoms with van der Waals surface area (Å²) in [5.74, 6) is 0. The molecule has 0 rings (SSSR count). The Morgan fingerprint density at radius 3 is 1.17 bits per heavy atom. The summed E-state index contributed by atoms with van der Waals surface area (Å²) in [6.45, 7) is 0. The van der Waals surface area contributed by atoms with Crippen molar-refractivity contribution in [1.82, 2.24) is 0 Å². The molecule has 0 saturated heterocycles. The van der Waals surface area contributed by atoms with Gasteiger partial charge in [0.15, 0.2) is 0 Å². The minimum Gasteiger partial charge on any atom is -0.271 e. The maximum Gasteiger partial charge on any atom is 0.339 e. The quantitative estimate of drug-likeness (QED) is 0.508. The van der Waals surface area contributed by atoms with Gasteiger partial charge in [0.1, 0.15) is 0 Å². The standard InChI is InChI=1S/CH4.Cl3OP/c;1-5(2,3)4/h1H4;. The van der Waals surface area contributed by atoms with E-state index in [1.165, 1.54) is 0 Å². The van der Waals surface area contributed by atoms with Crippen molar-refractivity contribution in [2.24, 2.45) is 0 Å². The zero-order valence-corrected chi connectivity index (χ0v) is 5.15. The predicted molar refractivity (Wildman–Crippen MR) is 31.9 cm³/mol. The Hall–Kier alpha value is 1.10. The molecule has 0 heterocycles. The highest BCUT2D eigenvalue weighted by molar-refractivity contribution is 8.24. The molecule has 0 amide bonds. The van der Waals surface area contributed by atoms with Crippen molar-refractivity contribution in [1.29, 1.82) is 0 Å². The fourth-order valence-corrected chi connectivity index (χ4v) is 0. The van der Waals surface area contributed by atoms with E-state index in [-0.39, 0.29) is 7.43 Å². The molecular weight excluding hydrogens is 165 g/mol. The van der Waals surface area contributed by atoms with Crippen LogP contribution in [0, 0.1) is 0 Å². The van der Waals surface area contributed by atoms with E-state index in [2.05, 4.69) is 33.7 Å². The Kier molecular flexibility index (Phi) is 5.33. The number of halogens is 3. The third-order valence-electron chi connectivity index (χ3n) is 0. The van der Waals surface area contributed by atoms with Gasteiger partial charge in [-0.05, 0) is 33.7 Å². The van der Waals surface area contributed by atoms with Crippen LogP contribution in [0.2, 0.25) is 0 Å². The molecule has 0 fully saturated rings. The van der Waals surface area contributed by atoms with Crippen molar-refractivity contribution >= 4 is 38.9 Å². The first kappa shape index (κ1) is 10.2. The average Bonchev–Trinajstić information content (AvgIpc) is 0.722. The molecule has 40 valence electrons. The van der Waals surface area contributed by atoms with E-state index in [9.17, 15) is 4.57 Å². The van der Waals surface area contributed by atoms with Gasteiger partial charge < -0.3 is 0 Å². The molecule has 0 aliphatic carbocycles. The maximum absolute atomic E-state index is 9.51. The first-order valence-electron chi connectivity index (χ1n) is 0.690. The van der Waals surface area contributed by atoms with Crippen LogP contribution in [0.25, 0.3) is 0 Å². The first-order chi connectivity index (χ1) is 2.00. The Balaban J connectivity index is 0. The SMILES string of the molecule is C.O=P(Cl)(Cl)Cl. The lowest BCUT2D eigenvalue weighted by Crippen LogP contribution is -1.19. The zero-order chi connectivity index (χ0) is 4.50. The van der Waals surface area contributed by atoms with Crippen LogP contribution in [0.5, 0.6) is 0 Å². The average molecular weight is 169 g/mol. The van der Waals surface area contributed by atoms with Crippen molar-refractivity contribution < 1.29 is 4.57 Å². The minimum atomic E-state index is -3.22. The zero-order valence-electron chi connectivity index (χ0n) is 1.99. The van der Waals surface area contributed by atoms with Crippen LogP contribution < -0.4 is 0 Å². The number of hydrogen-bond donors (Lipinski definition) is 0. The predicted octanol–water partition coefficient (Wildman–Crippen LogP) is 3.45. The molecule has 0 saturated carbocycles. The fourth-order valence-electron chi connectivity index (χ4n) is 0. The lowest BCUT2D eigenvalue weighted by Gasteiger charge is -1.74. The highest BCUT2D eigenvalue weighted by Crippen LogP contribution is 2.61. The highest BCUT2D eigenvalue weighted by Gasteiger charge is 2.02. The van der Waals surface area contributed by atoms with Crippen LogP contribution in [-0.4, -0.2) is 0 Å². The van der Waals surface area contributed by atoms with Gasteiger partial charge in [0.25, 0.3) is 0 Å². The monoisotopic (exact) mass is 168 g/mol. The van der Waals surface area contributed by atoms with Crippen molar-refractivity contribution in [3.63, 3.8) is 0 Å². The third-order valence-corrected chi connectivity index (χ3v) is 0. The summed E-state index contributed by atoms with van der Waals surface area (Å²) in [6.07, 6.45) is 0. The van der Waals surface area contributed by atoms with Gasteiger partial charge in [-0.1, -0.05) is 7.43 Å². The van der Waals surface area contributed by atoms with Crippen molar-refractivity contribution in [3.05, 3.63) is 0 Å². The molecule has 0 radical (unpaired) electrons. The second kappa shape index (κ2) is 3.15. The molecule has 1 nitrogen and oxygen atoms in total. The minimum absolute atomic E-state index is 0. The summed E-state index contributed by atoms with van der Waals surface area (Å²) in [4.78, 5) is 0. The van der Waals surface area contributed by atoms with Gasteiger partial charge >= 0.3 is 5.20 Å². The van der Waals surface area contributed by atoms with Crippen LogP contribution in [0.4, 0.5) is 0 Å². The highest BCUT2D eigenvalue weighted by atomic mass is 36.0. The van der Waals surface area contributed by atoms with E-state index in [1.807, 2.05) is 0 Å². The molecule has 0 unspecified atom stereocenters. The van der Waals surface area contributed by atoms with Crippen LogP contribution in [-0.2, 0) is 4.57 Å². The number of rotatable bonds is 0. The molecule has 0 bridgehead atoms. The molecular formula is CH4Cl3OP. The number of hydrogen-bond acceptors (Lipinski definition) is 1. The second-order valence-corrected chi connectivity index (χ2v) is 7.04. The Morgan fingerprint density at radius 2 is 1.17 bits per heavy atom. The van der Waals surface area contributed by atoms with Gasteiger partial charge in [0.2, 0.25) is 0 Å². The van der Waals surface area contributed by atoms with E-state index in [1.54, 1.807) is 0 Å². The molecule has 0 aromatic rings. The Labute approximate surface area is 51.3 Å². The fraction of sp³-hybridized carbons (Fsp3) is 1.00. The largest absolute Gasteiger partial charge is 0.339 e. The van der Waals surface area contributed by atoms with Crippen molar-refractivity contribution in [2.45, 2.75) is 7.43 Å². The third kappa shape index (κ3) is 70.9. The van der Waals surface area contributed by atoms with E-state index < -0.39 is 5.20 Å². The Morgan fingerprint density at radius 1 is 1.17 bits per heavy atom. The summed E-state index contributed by atoms with van der Waals surface area (Å²) in [6, 6.07) is 0. The summed E-state index contributed by atoms with van der Waals surface area (Å²) >= 11 is 13.8. The van der Waals surface area contributed by atoms with E-state index >= 15 is 0 Å². The summed E-state index contributed by atoms with van der Waals surface area (Å²) in [5.41, 5.74) is 0. The normalized spacial score (nSPS) is 9.83. The first-order valence-corrected chi connectivity index (χ1v) is 5.11. The summed E-state index contributed by atoms with van der Waals surface area (Å²) in [7, 11) is 0. The molecule has 0 aliphatic heterocycles.